The van der Waals surface area contributed by atoms with Crippen LogP contribution in [-0.2, 0) is 0 Å². The summed E-state index contributed by atoms with van der Waals surface area (Å²) in [5.41, 5.74) is 1.40. The lowest BCUT2D eigenvalue weighted by molar-refractivity contribution is 0.670. The van der Waals surface area contributed by atoms with Crippen molar-refractivity contribution < 1.29 is 19.5 Å². The summed E-state index contributed by atoms with van der Waals surface area (Å²) in [4.78, 5) is 0. The maximum absolute atomic E-state index is 9.75. The summed E-state index contributed by atoms with van der Waals surface area (Å²) in [6, 6.07) is 23.9. The first-order valence-corrected chi connectivity index (χ1v) is 13.9. The molecule has 8 aromatic carbocycles. The zero-order valence-corrected chi connectivity index (χ0v) is 22.6. The molecule has 0 aliphatic carbocycles. The van der Waals surface area contributed by atoms with Crippen LogP contribution in [0.5, 0.6) is 0 Å². The summed E-state index contributed by atoms with van der Waals surface area (Å²) in [6.45, 7) is 0. The summed E-state index contributed by atoms with van der Waals surface area (Å²) in [6.07, 6.45) is 0. The lowest BCUT2D eigenvalue weighted by Crippen LogP contribution is -1.91. The van der Waals surface area contributed by atoms with Gasteiger partial charge in [-0.2, -0.15) is 0 Å². The van der Waals surface area contributed by atoms with Crippen molar-refractivity contribution in [3.8, 4) is 33.4 Å². The second-order valence-electron chi connectivity index (χ2n) is 10.4. The molecule has 0 bridgehead atoms. The molecular weight excluding hydrogens is 520 g/mol. The summed E-state index contributed by atoms with van der Waals surface area (Å²) in [5, 5.41) is 5.16. The predicted molar refractivity (Wildman–Crippen MR) is 183 cm³/mol. The molecule has 1 heterocycles. The van der Waals surface area contributed by atoms with Crippen LogP contribution in [-0.4, -0.2) is 0 Å². The molecule has 0 saturated heterocycles. The van der Waals surface area contributed by atoms with Crippen LogP contribution in [0.2, 0.25) is 0 Å². The molecule has 0 N–H and O–H groups in total. The number of hydrogen-bond acceptors (Lipinski definition) is 1. The second kappa shape index (κ2) is 9.44. The average Bonchev–Trinajstić information content (AvgIpc) is 3.59. The van der Waals surface area contributed by atoms with Gasteiger partial charge < -0.3 is 4.42 Å². The maximum Gasteiger partial charge on any atom is 0.143 e. The molecule has 0 fully saturated rings. The van der Waals surface area contributed by atoms with Crippen LogP contribution in [0.3, 0.4) is 0 Å². The molecule has 1 heteroatoms. The number of fused-ring (bicyclic) bond motifs is 6. The summed E-state index contributed by atoms with van der Waals surface area (Å²) < 4.78 is 103. The second-order valence-corrected chi connectivity index (χ2v) is 10.4. The van der Waals surface area contributed by atoms with Crippen LogP contribution in [0, 0.1) is 0 Å². The van der Waals surface area contributed by atoms with Gasteiger partial charge in [-0.25, -0.2) is 0 Å². The highest BCUT2D eigenvalue weighted by Gasteiger charge is 2.19. The van der Waals surface area contributed by atoms with Crippen molar-refractivity contribution in [2.75, 3.05) is 0 Å². The third-order valence-electron chi connectivity index (χ3n) is 8.05. The fourth-order valence-electron chi connectivity index (χ4n) is 6.23. The number of benzene rings is 8. The molecule has 43 heavy (non-hydrogen) atoms. The monoisotopic (exact) mass is 557 g/mol. The highest BCUT2D eigenvalue weighted by atomic mass is 16.3. The van der Waals surface area contributed by atoms with Gasteiger partial charge >= 0.3 is 0 Å². The lowest BCUT2D eigenvalue weighted by Gasteiger charge is -2.18. The molecule has 0 atom stereocenters. The van der Waals surface area contributed by atoms with Gasteiger partial charge in [0, 0.05) is 16.3 Å². The average molecular weight is 558 g/mol. The highest BCUT2D eigenvalue weighted by Crippen LogP contribution is 2.46. The first-order valence-electron chi connectivity index (χ1n) is 19.4. The van der Waals surface area contributed by atoms with Gasteiger partial charge in [0.05, 0.1) is 15.1 Å². The first kappa shape index (κ1) is 15.5. The zero-order chi connectivity index (χ0) is 37.9. The fraction of sp³-hybridized carbons (Fsp3) is 0. The molecule has 0 spiro atoms. The van der Waals surface area contributed by atoms with E-state index in [-0.39, 0.29) is 45.2 Å². The van der Waals surface area contributed by atoms with E-state index in [0.717, 1.165) is 43.4 Å². The Kier molecular flexibility index (Phi) is 3.41. The van der Waals surface area contributed by atoms with E-state index in [9.17, 15) is 4.11 Å². The Labute approximate surface area is 264 Å². The van der Waals surface area contributed by atoms with E-state index in [4.69, 9.17) is 15.4 Å². The van der Waals surface area contributed by atoms with Crippen LogP contribution in [0.1, 0.15) is 15.1 Å². The number of furan rings is 1. The van der Waals surface area contributed by atoms with Crippen LogP contribution in [0.4, 0.5) is 0 Å². The Morgan fingerprint density at radius 2 is 1.07 bits per heavy atom. The van der Waals surface area contributed by atoms with Gasteiger partial charge in [0.25, 0.3) is 0 Å². The lowest BCUT2D eigenvalue weighted by atomic mass is 9.84. The van der Waals surface area contributed by atoms with Gasteiger partial charge in [-0.3, -0.25) is 0 Å². The van der Waals surface area contributed by atoms with E-state index < -0.39 is 59.9 Å². The predicted octanol–water partition coefficient (Wildman–Crippen LogP) is 12.0. The zero-order valence-electron chi connectivity index (χ0n) is 33.6. The standard InChI is InChI=1S/C42H26O/c1-2-12-28(13-3-1)31-21-11-23-37-38-26-29(24-25-39(38)43-42(31)37)40-33-17-6-8-19-35(33)41(36-20-9-7-18-34(36)40)32-22-10-15-27-14-4-5-16-30(27)32/h1-26H/i1D,2D,3D,11D,12D,13D,21D,23D,24D,25D,26D. The van der Waals surface area contributed by atoms with Crippen LogP contribution < -0.4 is 0 Å². The van der Waals surface area contributed by atoms with E-state index in [1.54, 1.807) is 0 Å². The molecule has 9 rings (SSSR count). The molecule has 1 aromatic heterocycles. The minimum atomic E-state index is -0.653. The Balaban J connectivity index is 1.45. The highest BCUT2D eigenvalue weighted by molar-refractivity contribution is 6.24. The summed E-state index contributed by atoms with van der Waals surface area (Å²) in [7, 11) is 0. The van der Waals surface area contributed by atoms with Crippen molar-refractivity contribution in [1.29, 1.82) is 0 Å². The molecule has 1 nitrogen and oxygen atoms in total. The first-order chi connectivity index (χ1) is 25.9. The van der Waals surface area contributed by atoms with Gasteiger partial charge in [-0.1, -0.05) is 145 Å². The molecular formula is C42H26O. The van der Waals surface area contributed by atoms with Crippen molar-refractivity contribution in [3.63, 3.8) is 0 Å². The third-order valence-corrected chi connectivity index (χ3v) is 8.05. The quantitative estimate of drug-likeness (QED) is 0.197. The van der Waals surface area contributed by atoms with E-state index in [1.807, 2.05) is 66.7 Å². The van der Waals surface area contributed by atoms with Gasteiger partial charge in [-0.15, -0.1) is 0 Å². The molecule has 0 amide bonds. The molecule has 9 aromatic rings. The largest absolute Gasteiger partial charge is 0.455 e. The number of rotatable bonds is 3. The van der Waals surface area contributed by atoms with E-state index >= 15 is 0 Å². The molecule has 200 valence electrons. The van der Waals surface area contributed by atoms with Crippen LogP contribution in [0.25, 0.3) is 87.6 Å². The SMILES string of the molecule is [2H]c1c([2H])c([2H])c(-c2c([2H])c([2H])c([2H])c3c2oc2c([2H])c([2H])c(-c4c5ccccc5c(-c5cccc6ccccc56)c5ccccc45)c([2H])c23)c([2H])c1[2H]. The Morgan fingerprint density at radius 3 is 1.81 bits per heavy atom. The van der Waals surface area contributed by atoms with Gasteiger partial charge in [0.1, 0.15) is 11.2 Å². The van der Waals surface area contributed by atoms with Crippen molar-refractivity contribution in [2.45, 2.75) is 0 Å². The van der Waals surface area contributed by atoms with Gasteiger partial charge in [0.2, 0.25) is 0 Å². The Hall–Kier alpha value is -5.66. The number of hydrogen-bond donors (Lipinski definition) is 0. The molecule has 0 aliphatic rings. The topological polar surface area (TPSA) is 13.1 Å². The normalized spacial score (nSPS) is 15.3. The molecule has 0 aliphatic heterocycles. The minimum absolute atomic E-state index is 0.0422. The molecule has 0 radical (unpaired) electrons. The maximum atomic E-state index is 9.75. The smallest absolute Gasteiger partial charge is 0.143 e. The van der Waals surface area contributed by atoms with Crippen molar-refractivity contribution in [3.05, 3.63) is 157 Å². The minimum Gasteiger partial charge on any atom is -0.455 e. The van der Waals surface area contributed by atoms with Crippen molar-refractivity contribution >= 4 is 54.3 Å². The van der Waals surface area contributed by atoms with Crippen LogP contribution in [0.15, 0.2) is 162 Å². The Bertz CT molecular complexity index is 3040. The molecule has 0 saturated carbocycles. The van der Waals surface area contributed by atoms with Gasteiger partial charge in [-0.05, 0) is 72.2 Å². The Morgan fingerprint density at radius 1 is 0.419 bits per heavy atom. The van der Waals surface area contributed by atoms with Crippen LogP contribution >= 0.6 is 0 Å². The third kappa shape index (κ3) is 3.65. The summed E-state index contributed by atoms with van der Waals surface area (Å²) in [5.74, 6) is 0. The number of para-hydroxylation sites is 1. The van der Waals surface area contributed by atoms with Crippen molar-refractivity contribution in [1.82, 2.24) is 0 Å². The van der Waals surface area contributed by atoms with Gasteiger partial charge in [0.15, 0.2) is 0 Å². The fourth-order valence-corrected chi connectivity index (χ4v) is 6.23. The van der Waals surface area contributed by atoms with E-state index in [2.05, 4.69) is 24.3 Å². The van der Waals surface area contributed by atoms with Crippen molar-refractivity contribution in [2.24, 2.45) is 0 Å². The van der Waals surface area contributed by atoms with E-state index in [0.29, 0.717) is 5.56 Å². The summed E-state index contributed by atoms with van der Waals surface area (Å²) >= 11 is 0. The molecule has 0 unspecified atom stereocenters. The van der Waals surface area contributed by atoms with E-state index in [1.165, 1.54) is 0 Å².